The predicted molar refractivity (Wildman–Crippen MR) is 53.6 cm³/mol. The first-order valence-corrected chi connectivity index (χ1v) is 4.48. The van der Waals surface area contributed by atoms with Crippen LogP contribution in [0.4, 0.5) is 0 Å². The molecule has 0 saturated carbocycles. The van der Waals surface area contributed by atoms with Crippen LogP contribution >= 0.6 is 0 Å². The molecule has 0 aliphatic heterocycles. The third kappa shape index (κ3) is 1.81. The first-order chi connectivity index (χ1) is 6.36. The van der Waals surface area contributed by atoms with E-state index in [1.165, 1.54) is 0 Å². The minimum absolute atomic E-state index is 0.399. The monoisotopic (exact) mass is 172 g/mol. The maximum Gasteiger partial charge on any atom is 0.118 e. The van der Waals surface area contributed by atoms with Gasteiger partial charge in [0.1, 0.15) is 5.75 Å². The number of rotatable bonds is 2. The molecule has 1 N–H and O–H groups in total. The summed E-state index contributed by atoms with van der Waals surface area (Å²) in [5, 5.41) is 9.52. The maximum absolute atomic E-state index is 9.52. The van der Waals surface area contributed by atoms with Gasteiger partial charge in [0, 0.05) is 0 Å². The van der Waals surface area contributed by atoms with Crippen LogP contribution in [-0.2, 0) is 6.42 Å². The highest BCUT2D eigenvalue weighted by atomic mass is 16.3. The normalized spacial score (nSPS) is 15.4. The lowest BCUT2D eigenvalue weighted by atomic mass is 10.0. The maximum atomic E-state index is 9.52. The Morgan fingerprint density at radius 3 is 2.46 bits per heavy atom. The SMILES string of the molecule is Oc1ccccc1CC1C=CC=C1. The molecular weight excluding hydrogens is 160 g/mol. The Bertz CT molecular complexity index is 338. The van der Waals surface area contributed by atoms with E-state index < -0.39 is 0 Å². The summed E-state index contributed by atoms with van der Waals surface area (Å²) in [5.74, 6) is 0.851. The molecule has 0 bridgehead atoms. The number of aromatic hydroxyl groups is 1. The second-order valence-corrected chi connectivity index (χ2v) is 3.27. The van der Waals surface area contributed by atoms with E-state index in [4.69, 9.17) is 0 Å². The molecule has 0 saturated heterocycles. The lowest BCUT2D eigenvalue weighted by molar-refractivity contribution is 0.466. The quantitative estimate of drug-likeness (QED) is 0.727. The number of phenols is 1. The fraction of sp³-hybridized carbons (Fsp3) is 0.167. The average molecular weight is 172 g/mol. The third-order valence-corrected chi connectivity index (χ3v) is 2.27. The van der Waals surface area contributed by atoms with E-state index in [0.717, 1.165) is 12.0 Å². The first-order valence-electron chi connectivity index (χ1n) is 4.48. The molecule has 1 aliphatic carbocycles. The molecule has 1 heteroatoms. The molecule has 1 aromatic carbocycles. The Balaban J connectivity index is 2.13. The van der Waals surface area contributed by atoms with Crippen LogP contribution in [0, 0.1) is 5.92 Å². The van der Waals surface area contributed by atoms with Crippen molar-refractivity contribution in [2.45, 2.75) is 6.42 Å². The summed E-state index contributed by atoms with van der Waals surface area (Å²) in [4.78, 5) is 0. The zero-order valence-electron chi connectivity index (χ0n) is 7.35. The zero-order valence-corrected chi connectivity index (χ0v) is 7.35. The van der Waals surface area contributed by atoms with E-state index in [0.29, 0.717) is 11.7 Å². The van der Waals surface area contributed by atoms with Crippen LogP contribution in [0.5, 0.6) is 5.75 Å². The second kappa shape index (κ2) is 3.48. The molecule has 0 spiro atoms. The molecule has 0 fully saturated rings. The number of benzene rings is 1. The zero-order chi connectivity index (χ0) is 9.10. The van der Waals surface area contributed by atoms with E-state index in [1.54, 1.807) is 6.07 Å². The molecule has 1 aliphatic rings. The average Bonchev–Trinajstić information content (AvgIpc) is 2.61. The van der Waals surface area contributed by atoms with Crippen molar-refractivity contribution in [2.24, 2.45) is 5.92 Å². The molecule has 1 aromatic rings. The van der Waals surface area contributed by atoms with Gasteiger partial charge < -0.3 is 5.11 Å². The summed E-state index contributed by atoms with van der Waals surface area (Å²) in [6.07, 6.45) is 9.27. The number of hydrogen-bond donors (Lipinski definition) is 1. The van der Waals surface area contributed by atoms with Gasteiger partial charge in [-0.15, -0.1) is 0 Å². The minimum atomic E-state index is 0.399. The van der Waals surface area contributed by atoms with Crippen molar-refractivity contribution in [3.05, 3.63) is 54.1 Å². The number of allylic oxidation sites excluding steroid dienone is 4. The second-order valence-electron chi connectivity index (χ2n) is 3.27. The molecule has 0 heterocycles. The van der Waals surface area contributed by atoms with Gasteiger partial charge in [0.05, 0.1) is 0 Å². The molecule has 0 amide bonds. The standard InChI is InChI=1S/C12H12O/c13-12-8-4-3-7-11(12)9-10-5-1-2-6-10/h1-8,10,13H,9H2. The van der Waals surface area contributed by atoms with E-state index in [9.17, 15) is 5.11 Å². The Morgan fingerprint density at radius 2 is 1.77 bits per heavy atom. The molecule has 0 radical (unpaired) electrons. The molecule has 0 unspecified atom stereocenters. The summed E-state index contributed by atoms with van der Waals surface area (Å²) < 4.78 is 0. The number of hydrogen-bond acceptors (Lipinski definition) is 1. The van der Waals surface area contributed by atoms with Crippen molar-refractivity contribution in [1.82, 2.24) is 0 Å². The van der Waals surface area contributed by atoms with Gasteiger partial charge >= 0.3 is 0 Å². The van der Waals surface area contributed by atoms with Gasteiger partial charge in [-0.3, -0.25) is 0 Å². The van der Waals surface area contributed by atoms with Crippen LogP contribution < -0.4 is 0 Å². The fourth-order valence-corrected chi connectivity index (χ4v) is 1.55. The Morgan fingerprint density at radius 1 is 1.08 bits per heavy atom. The predicted octanol–water partition coefficient (Wildman–Crippen LogP) is 2.68. The van der Waals surface area contributed by atoms with Gasteiger partial charge in [-0.2, -0.15) is 0 Å². The molecule has 0 atom stereocenters. The van der Waals surface area contributed by atoms with Gasteiger partial charge in [-0.1, -0.05) is 42.5 Å². The Labute approximate surface area is 78.0 Å². The molecule has 13 heavy (non-hydrogen) atoms. The highest BCUT2D eigenvalue weighted by Crippen LogP contribution is 2.22. The van der Waals surface area contributed by atoms with Crippen LogP contribution in [-0.4, -0.2) is 5.11 Å². The van der Waals surface area contributed by atoms with Crippen molar-refractivity contribution >= 4 is 0 Å². The van der Waals surface area contributed by atoms with Gasteiger partial charge in [0.2, 0.25) is 0 Å². The van der Waals surface area contributed by atoms with E-state index >= 15 is 0 Å². The number of para-hydroxylation sites is 1. The van der Waals surface area contributed by atoms with E-state index in [-0.39, 0.29) is 0 Å². The van der Waals surface area contributed by atoms with Gasteiger partial charge in [-0.05, 0) is 24.0 Å². The smallest absolute Gasteiger partial charge is 0.118 e. The van der Waals surface area contributed by atoms with E-state index in [2.05, 4.69) is 12.2 Å². The van der Waals surface area contributed by atoms with Crippen molar-refractivity contribution < 1.29 is 5.11 Å². The van der Waals surface area contributed by atoms with Crippen molar-refractivity contribution in [1.29, 1.82) is 0 Å². The van der Waals surface area contributed by atoms with Crippen LogP contribution in [0.15, 0.2) is 48.6 Å². The van der Waals surface area contributed by atoms with Crippen LogP contribution in [0.3, 0.4) is 0 Å². The van der Waals surface area contributed by atoms with Crippen molar-refractivity contribution in [3.8, 4) is 5.75 Å². The highest BCUT2D eigenvalue weighted by Gasteiger charge is 2.07. The minimum Gasteiger partial charge on any atom is -0.508 e. The molecular formula is C12H12O. The summed E-state index contributed by atoms with van der Waals surface area (Å²) in [6.45, 7) is 0. The third-order valence-electron chi connectivity index (χ3n) is 2.27. The molecule has 66 valence electrons. The Hall–Kier alpha value is -1.50. The molecule has 2 rings (SSSR count). The fourth-order valence-electron chi connectivity index (χ4n) is 1.55. The topological polar surface area (TPSA) is 20.2 Å². The van der Waals surface area contributed by atoms with Crippen LogP contribution in [0.1, 0.15) is 5.56 Å². The lowest BCUT2D eigenvalue weighted by Crippen LogP contribution is -1.95. The summed E-state index contributed by atoms with van der Waals surface area (Å²) in [6, 6.07) is 7.50. The van der Waals surface area contributed by atoms with Crippen molar-refractivity contribution in [3.63, 3.8) is 0 Å². The van der Waals surface area contributed by atoms with E-state index in [1.807, 2.05) is 30.4 Å². The molecule has 1 nitrogen and oxygen atoms in total. The summed E-state index contributed by atoms with van der Waals surface area (Å²) >= 11 is 0. The number of phenolic OH excluding ortho intramolecular Hbond substituents is 1. The van der Waals surface area contributed by atoms with Crippen molar-refractivity contribution in [2.75, 3.05) is 0 Å². The Kier molecular flexibility index (Phi) is 2.17. The van der Waals surface area contributed by atoms with Crippen LogP contribution in [0.2, 0.25) is 0 Å². The summed E-state index contributed by atoms with van der Waals surface area (Å²) in [5.41, 5.74) is 1.02. The highest BCUT2D eigenvalue weighted by molar-refractivity contribution is 5.34. The lowest BCUT2D eigenvalue weighted by Gasteiger charge is -2.06. The largest absolute Gasteiger partial charge is 0.508 e. The van der Waals surface area contributed by atoms with Gasteiger partial charge in [-0.25, -0.2) is 0 Å². The first kappa shape index (κ1) is 8.11. The van der Waals surface area contributed by atoms with Gasteiger partial charge in [0.25, 0.3) is 0 Å². The molecule has 0 aromatic heterocycles. The van der Waals surface area contributed by atoms with Crippen LogP contribution in [0.25, 0.3) is 0 Å². The summed E-state index contributed by atoms with van der Waals surface area (Å²) in [7, 11) is 0. The van der Waals surface area contributed by atoms with Gasteiger partial charge in [0.15, 0.2) is 0 Å².